The maximum atomic E-state index is 12.4. The molecule has 1 rings (SSSR count). The number of hydrogen-bond donors (Lipinski definition) is 2. The van der Waals surface area contributed by atoms with Gasteiger partial charge in [0.15, 0.2) is 0 Å². The van der Waals surface area contributed by atoms with Crippen molar-refractivity contribution in [3.63, 3.8) is 0 Å². The van der Waals surface area contributed by atoms with Crippen LogP contribution in [0.1, 0.15) is 39.2 Å². The number of benzene rings is 1. The summed E-state index contributed by atoms with van der Waals surface area (Å²) in [4.78, 5) is 11.3. The normalized spacial score (nSPS) is 11.7. The number of sulfonamides is 1. The lowest BCUT2D eigenvalue weighted by atomic mass is 10.2. The van der Waals surface area contributed by atoms with Gasteiger partial charge in [-0.25, -0.2) is 13.1 Å². The SMILES string of the molecule is CCC(CC)NS(=O)(=O)c1cc(NC(C)=O)ccc1C. The molecule has 0 spiro atoms. The van der Waals surface area contributed by atoms with Gasteiger partial charge in [-0.3, -0.25) is 4.79 Å². The van der Waals surface area contributed by atoms with Gasteiger partial charge < -0.3 is 5.32 Å². The van der Waals surface area contributed by atoms with Crippen LogP contribution >= 0.6 is 0 Å². The molecule has 6 heteroatoms. The predicted molar refractivity (Wildman–Crippen MR) is 80.2 cm³/mol. The van der Waals surface area contributed by atoms with Crippen molar-refractivity contribution >= 4 is 21.6 Å². The third kappa shape index (κ3) is 4.31. The Morgan fingerprint density at radius 3 is 2.35 bits per heavy atom. The molecule has 0 unspecified atom stereocenters. The zero-order valence-electron chi connectivity index (χ0n) is 12.4. The first-order valence-electron chi connectivity index (χ1n) is 6.70. The summed E-state index contributed by atoms with van der Waals surface area (Å²) in [7, 11) is -3.57. The quantitative estimate of drug-likeness (QED) is 0.847. The molecule has 1 amide bonds. The van der Waals surface area contributed by atoms with Crippen molar-refractivity contribution in [3.8, 4) is 0 Å². The van der Waals surface area contributed by atoms with E-state index in [0.29, 0.717) is 11.3 Å². The van der Waals surface area contributed by atoms with Gasteiger partial charge in [-0.1, -0.05) is 19.9 Å². The average Bonchev–Trinajstić information content (AvgIpc) is 2.37. The fourth-order valence-electron chi connectivity index (χ4n) is 1.91. The van der Waals surface area contributed by atoms with Crippen molar-refractivity contribution in [2.24, 2.45) is 0 Å². The molecule has 0 atom stereocenters. The van der Waals surface area contributed by atoms with Crippen molar-refractivity contribution in [1.29, 1.82) is 0 Å². The molecule has 20 heavy (non-hydrogen) atoms. The number of carbonyl (C=O) groups is 1. The number of nitrogens with one attached hydrogen (secondary N) is 2. The molecule has 0 heterocycles. The van der Waals surface area contributed by atoms with Crippen LogP contribution in [0.5, 0.6) is 0 Å². The predicted octanol–water partition coefficient (Wildman–Crippen LogP) is 2.42. The Labute approximate surface area is 120 Å². The summed E-state index contributed by atoms with van der Waals surface area (Å²) in [6, 6.07) is 4.78. The Balaban J connectivity index is 3.13. The maximum Gasteiger partial charge on any atom is 0.241 e. The van der Waals surface area contributed by atoms with Crippen LogP contribution in [0.25, 0.3) is 0 Å². The average molecular weight is 298 g/mol. The second-order valence-electron chi connectivity index (χ2n) is 4.80. The summed E-state index contributed by atoms with van der Waals surface area (Å²) in [5.41, 5.74) is 1.13. The van der Waals surface area contributed by atoms with Crippen molar-refractivity contribution < 1.29 is 13.2 Å². The lowest BCUT2D eigenvalue weighted by Crippen LogP contribution is -2.34. The summed E-state index contributed by atoms with van der Waals surface area (Å²) >= 11 is 0. The summed E-state index contributed by atoms with van der Waals surface area (Å²) in [5, 5.41) is 2.59. The molecular formula is C14H22N2O3S. The Hall–Kier alpha value is -1.40. The van der Waals surface area contributed by atoms with E-state index in [1.807, 2.05) is 13.8 Å². The summed E-state index contributed by atoms with van der Waals surface area (Å²) < 4.78 is 27.5. The van der Waals surface area contributed by atoms with Crippen LogP contribution in [-0.4, -0.2) is 20.4 Å². The molecule has 0 aliphatic carbocycles. The molecule has 5 nitrogen and oxygen atoms in total. The van der Waals surface area contributed by atoms with E-state index in [0.717, 1.165) is 12.8 Å². The van der Waals surface area contributed by atoms with Crippen molar-refractivity contribution in [1.82, 2.24) is 4.72 Å². The van der Waals surface area contributed by atoms with Gasteiger partial charge in [0.05, 0.1) is 4.90 Å². The summed E-state index contributed by atoms with van der Waals surface area (Å²) in [6.45, 7) is 7.00. The molecule has 0 bridgehead atoms. The zero-order chi connectivity index (χ0) is 15.3. The van der Waals surface area contributed by atoms with Crippen LogP contribution in [0, 0.1) is 6.92 Å². The van der Waals surface area contributed by atoms with Crippen LogP contribution in [0.2, 0.25) is 0 Å². The van der Waals surface area contributed by atoms with Crippen LogP contribution in [0.4, 0.5) is 5.69 Å². The molecule has 0 aliphatic rings. The van der Waals surface area contributed by atoms with E-state index in [9.17, 15) is 13.2 Å². The minimum Gasteiger partial charge on any atom is -0.326 e. The second kappa shape index (κ2) is 6.85. The molecule has 0 saturated carbocycles. The monoisotopic (exact) mass is 298 g/mol. The first-order valence-corrected chi connectivity index (χ1v) is 8.19. The molecule has 1 aromatic carbocycles. The highest BCUT2D eigenvalue weighted by Gasteiger charge is 2.20. The second-order valence-corrected chi connectivity index (χ2v) is 6.48. The highest BCUT2D eigenvalue weighted by Crippen LogP contribution is 2.21. The maximum absolute atomic E-state index is 12.4. The van der Waals surface area contributed by atoms with Gasteiger partial charge >= 0.3 is 0 Å². The Kier molecular flexibility index (Phi) is 5.71. The molecule has 0 aromatic heterocycles. The summed E-state index contributed by atoms with van der Waals surface area (Å²) in [6.07, 6.45) is 1.47. The van der Waals surface area contributed by atoms with Crippen LogP contribution in [0.3, 0.4) is 0 Å². The highest BCUT2D eigenvalue weighted by atomic mass is 32.2. The lowest BCUT2D eigenvalue weighted by Gasteiger charge is -2.17. The van der Waals surface area contributed by atoms with Crippen molar-refractivity contribution in [2.75, 3.05) is 5.32 Å². The van der Waals surface area contributed by atoms with Gasteiger partial charge in [0.2, 0.25) is 15.9 Å². The number of amides is 1. The van der Waals surface area contributed by atoms with Gasteiger partial charge in [-0.05, 0) is 37.5 Å². The fourth-order valence-corrected chi connectivity index (χ4v) is 3.58. The molecule has 2 N–H and O–H groups in total. The minimum absolute atomic E-state index is 0.0798. The molecule has 112 valence electrons. The third-order valence-electron chi connectivity index (χ3n) is 3.11. The molecule has 1 aromatic rings. The topological polar surface area (TPSA) is 75.3 Å². The summed E-state index contributed by atoms with van der Waals surface area (Å²) in [5.74, 6) is -0.231. The molecule has 0 radical (unpaired) electrons. The zero-order valence-corrected chi connectivity index (χ0v) is 13.2. The number of anilines is 1. The number of carbonyl (C=O) groups excluding carboxylic acids is 1. The highest BCUT2D eigenvalue weighted by molar-refractivity contribution is 7.89. The molecule has 0 fully saturated rings. The molecule has 0 saturated heterocycles. The van der Waals surface area contributed by atoms with E-state index in [-0.39, 0.29) is 16.8 Å². The number of aryl methyl sites for hydroxylation is 1. The van der Waals surface area contributed by atoms with Gasteiger partial charge in [0.1, 0.15) is 0 Å². The van der Waals surface area contributed by atoms with Gasteiger partial charge in [-0.15, -0.1) is 0 Å². The van der Waals surface area contributed by atoms with Crippen molar-refractivity contribution in [3.05, 3.63) is 23.8 Å². The van der Waals surface area contributed by atoms with E-state index in [4.69, 9.17) is 0 Å². The standard InChI is InChI=1S/C14H22N2O3S/c1-5-12(6-2)16-20(18,19)14-9-13(15-11(4)17)8-7-10(14)3/h7-9,12,16H,5-6H2,1-4H3,(H,15,17). The largest absolute Gasteiger partial charge is 0.326 e. The number of rotatable bonds is 6. The Morgan fingerprint density at radius 2 is 1.85 bits per heavy atom. The van der Waals surface area contributed by atoms with Crippen LogP contribution < -0.4 is 10.0 Å². The Morgan fingerprint density at radius 1 is 1.25 bits per heavy atom. The first-order chi connectivity index (χ1) is 9.30. The molecular weight excluding hydrogens is 276 g/mol. The van der Waals surface area contributed by atoms with Gasteiger partial charge in [-0.2, -0.15) is 0 Å². The molecule has 0 aliphatic heterocycles. The van der Waals surface area contributed by atoms with Gasteiger partial charge in [0, 0.05) is 18.7 Å². The fraction of sp³-hybridized carbons (Fsp3) is 0.500. The van der Waals surface area contributed by atoms with Gasteiger partial charge in [0.25, 0.3) is 0 Å². The van der Waals surface area contributed by atoms with Crippen molar-refractivity contribution in [2.45, 2.75) is 51.5 Å². The number of hydrogen-bond acceptors (Lipinski definition) is 3. The third-order valence-corrected chi connectivity index (χ3v) is 4.77. The van der Waals surface area contributed by atoms with E-state index in [2.05, 4.69) is 10.0 Å². The van der Waals surface area contributed by atoms with E-state index in [1.165, 1.54) is 13.0 Å². The first kappa shape index (κ1) is 16.7. The lowest BCUT2D eigenvalue weighted by molar-refractivity contribution is -0.114. The minimum atomic E-state index is -3.57. The smallest absolute Gasteiger partial charge is 0.241 e. The Bertz CT molecular complexity index is 578. The van der Waals surface area contributed by atoms with Crippen LogP contribution in [-0.2, 0) is 14.8 Å². The van der Waals surface area contributed by atoms with E-state index < -0.39 is 10.0 Å². The van der Waals surface area contributed by atoms with Crippen LogP contribution in [0.15, 0.2) is 23.1 Å². The van der Waals surface area contributed by atoms with E-state index >= 15 is 0 Å². The van der Waals surface area contributed by atoms with E-state index in [1.54, 1.807) is 19.1 Å².